The number of aromatic nitrogens is 3. The van der Waals surface area contributed by atoms with Crippen LogP contribution in [-0.4, -0.2) is 15.0 Å². The molecule has 4 heteroatoms. The van der Waals surface area contributed by atoms with Crippen LogP contribution in [0.15, 0.2) is 180 Å². The molecule has 6 aromatic carbocycles. The average molecular weight is 654 g/mol. The summed E-state index contributed by atoms with van der Waals surface area (Å²) in [5.41, 5.74) is 8.90. The molecule has 10 rings (SSSR count). The lowest BCUT2D eigenvalue weighted by atomic mass is 9.81. The minimum Gasteiger partial charge on any atom is -0.456 e. The number of benzene rings is 6. The summed E-state index contributed by atoms with van der Waals surface area (Å²) in [6, 6.07) is 46.0. The number of allylic oxidation sites excluding steroid dienone is 8. The van der Waals surface area contributed by atoms with Gasteiger partial charge in [0.2, 0.25) is 0 Å². The molecule has 0 saturated heterocycles. The van der Waals surface area contributed by atoms with E-state index in [2.05, 4.69) is 140 Å². The molecule has 0 bridgehead atoms. The van der Waals surface area contributed by atoms with Crippen LogP contribution in [0.4, 0.5) is 0 Å². The van der Waals surface area contributed by atoms with Crippen LogP contribution in [0, 0.1) is 11.8 Å². The van der Waals surface area contributed by atoms with E-state index in [1.54, 1.807) is 0 Å². The zero-order valence-electron chi connectivity index (χ0n) is 27.6. The Morgan fingerprint density at radius 3 is 1.94 bits per heavy atom. The molecule has 2 atom stereocenters. The van der Waals surface area contributed by atoms with Gasteiger partial charge in [-0.2, -0.15) is 0 Å². The fraction of sp³-hybridized carbons (Fsp3) is 0.0426. The Labute approximate surface area is 295 Å². The van der Waals surface area contributed by atoms with Gasteiger partial charge in [-0.05, 0) is 57.3 Å². The van der Waals surface area contributed by atoms with Crippen molar-refractivity contribution in [2.75, 3.05) is 0 Å². The van der Waals surface area contributed by atoms with Gasteiger partial charge in [0.05, 0.1) is 0 Å². The summed E-state index contributed by atoms with van der Waals surface area (Å²) >= 11 is 0. The van der Waals surface area contributed by atoms with Crippen molar-refractivity contribution in [2.24, 2.45) is 11.8 Å². The Hall–Kier alpha value is -6.65. The first-order valence-corrected chi connectivity index (χ1v) is 17.4. The van der Waals surface area contributed by atoms with E-state index < -0.39 is 0 Å². The number of hydrogen-bond acceptors (Lipinski definition) is 4. The molecule has 0 N–H and O–H groups in total. The molecule has 2 unspecified atom stereocenters. The van der Waals surface area contributed by atoms with Gasteiger partial charge in [0, 0.05) is 39.3 Å². The first-order chi connectivity index (χ1) is 25.2. The lowest BCUT2D eigenvalue weighted by Crippen LogP contribution is -2.11. The van der Waals surface area contributed by atoms with Gasteiger partial charge in [0.15, 0.2) is 17.5 Å². The molecule has 0 saturated carbocycles. The molecule has 2 heterocycles. The molecule has 240 valence electrons. The molecular weight excluding hydrogens is 623 g/mol. The third-order valence-electron chi connectivity index (χ3n) is 10.0. The first kappa shape index (κ1) is 29.3. The third kappa shape index (κ3) is 5.20. The van der Waals surface area contributed by atoms with E-state index in [0.717, 1.165) is 60.9 Å². The van der Waals surface area contributed by atoms with Crippen molar-refractivity contribution in [1.82, 2.24) is 15.0 Å². The smallest absolute Gasteiger partial charge is 0.164 e. The summed E-state index contributed by atoms with van der Waals surface area (Å²) in [4.78, 5) is 15.3. The van der Waals surface area contributed by atoms with Crippen LogP contribution in [-0.2, 0) is 0 Å². The van der Waals surface area contributed by atoms with Crippen LogP contribution in [0.25, 0.3) is 83.6 Å². The van der Waals surface area contributed by atoms with Crippen molar-refractivity contribution >= 4 is 38.3 Å². The summed E-state index contributed by atoms with van der Waals surface area (Å²) in [7, 11) is 0. The third-order valence-corrected chi connectivity index (χ3v) is 10.0. The molecule has 2 aliphatic rings. The molecule has 8 aromatic rings. The van der Waals surface area contributed by atoms with E-state index in [1.165, 1.54) is 10.8 Å². The summed E-state index contributed by atoms with van der Waals surface area (Å²) in [6.07, 6.45) is 15.8. The summed E-state index contributed by atoms with van der Waals surface area (Å²) in [5.74, 6) is 2.47. The maximum atomic E-state index is 6.71. The van der Waals surface area contributed by atoms with Gasteiger partial charge >= 0.3 is 0 Å². The van der Waals surface area contributed by atoms with Crippen LogP contribution in [0.2, 0.25) is 0 Å². The highest BCUT2D eigenvalue weighted by atomic mass is 16.3. The van der Waals surface area contributed by atoms with E-state index >= 15 is 0 Å². The molecule has 0 aliphatic heterocycles. The number of nitrogens with zero attached hydrogens (tertiary/aromatic N) is 3. The molecule has 4 nitrogen and oxygen atoms in total. The van der Waals surface area contributed by atoms with Gasteiger partial charge in [0.1, 0.15) is 11.2 Å². The van der Waals surface area contributed by atoms with Crippen molar-refractivity contribution in [2.45, 2.75) is 0 Å². The fourth-order valence-electron chi connectivity index (χ4n) is 7.50. The topological polar surface area (TPSA) is 51.8 Å². The van der Waals surface area contributed by atoms with Crippen molar-refractivity contribution in [3.05, 3.63) is 182 Å². The van der Waals surface area contributed by atoms with E-state index in [4.69, 9.17) is 19.4 Å². The standard InChI is InChI=1S/C47H31N3O/c1-3-12-30(13-4-1)35-19-11-20-37(27-35)46-48-45(33-16-5-2-6-17-33)49-47(50-46)38-28-40(36-23-22-31-14-7-8-18-34(31)26-36)44-42(29-38)51-41-25-24-32-15-9-10-21-39(32)43(41)44/h1-29,31,34H. The molecule has 2 aromatic heterocycles. The van der Waals surface area contributed by atoms with Crippen LogP contribution < -0.4 is 0 Å². The first-order valence-electron chi connectivity index (χ1n) is 17.4. The number of hydrogen-bond donors (Lipinski definition) is 0. The second-order valence-electron chi connectivity index (χ2n) is 13.2. The molecule has 0 radical (unpaired) electrons. The Kier molecular flexibility index (Phi) is 6.91. The van der Waals surface area contributed by atoms with Crippen LogP contribution in [0.3, 0.4) is 0 Å². The highest BCUT2D eigenvalue weighted by molar-refractivity contribution is 6.22. The normalized spacial score (nSPS) is 16.5. The Bertz CT molecular complexity index is 2750. The second-order valence-corrected chi connectivity index (χ2v) is 13.2. The van der Waals surface area contributed by atoms with Gasteiger partial charge in [-0.3, -0.25) is 0 Å². The quantitative estimate of drug-likeness (QED) is 0.185. The summed E-state index contributed by atoms with van der Waals surface area (Å²) < 4.78 is 6.71. The van der Waals surface area contributed by atoms with Crippen LogP contribution in [0.1, 0.15) is 5.56 Å². The number of fused-ring (bicyclic) bond motifs is 6. The maximum Gasteiger partial charge on any atom is 0.164 e. The predicted molar refractivity (Wildman–Crippen MR) is 209 cm³/mol. The van der Waals surface area contributed by atoms with Gasteiger partial charge in [-0.25, -0.2) is 15.0 Å². The molecule has 0 fully saturated rings. The van der Waals surface area contributed by atoms with E-state index in [9.17, 15) is 0 Å². The van der Waals surface area contributed by atoms with E-state index in [-0.39, 0.29) is 5.92 Å². The zero-order valence-corrected chi connectivity index (χ0v) is 27.6. The average Bonchev–Trinajstić information content (AvgIpc) is 3.60. The monoisotopic (exact) mass is 653 g/mol. The maximum absolute atomic E-state index is 6.71. The van der Waals surface area contributed by atoms with E-state index in [1.807, 2.05) is 36.4 Å². The predicted octanol–water partition coefficient (Wildman–Crippen LogP) is 11.9. The Morgan fingerprint density at radius 2 is 1.12 bits per heavy atom. The van der Waals surface area contributed by atoms with Crippen molar-refractivity contribution in [1.29, 1.82) is 0 Å². The lowest BCUT2D eigenvalue weighted by Gasteiger charge is -2.23. The Balaban J connectivity index is 1.22. The van der Waals surface area contributed by atoms with Gasteiger partial charge in [-0.1, -0.05) is 152 Å². The summed E-state index contributed by atoms with van der Waals surface area (Å²) in [6.45, 7) is 0. The van der Waals surface area contributed by atoms with Gasteiger partial charge < -0.3 is 4.42 Å². The second kappa shape index (κ2) is 12.0. The number of furan rings is 1. The van der Waals surface area contributed by atoms with Crippen LogP contribution >= 0.6 is 0 Å². The fourth-order valence-corrected chi connectivity index (χ4v) is 7.50. The molecule has 0 amide bonds. The van der Waals surface area contributed by atoms with Gasteiger partial charge in [-0.15, -0.1) is 0 Å². The van der Waals surface area contributed by atoms with Crippen molar-refractivity contribution in [3.63, 3.8) is 0 Å². The highest BCUT2D eigenvalue weighted by Crippen LogP contribution is 2.43. The van der Waals surface area contributed by atoms with Crippen molar-refractivity contribution < 1.29 is 4.42 Å². The molecular formula is C47H31N3O. The zero-order chi connectivity index (χ0) is 33.7. The SMILES string of the molecule is C1=CC2C=CC(c3cc(-c4nc(-c5ccccc5)nc(-c5cccc(-c6ccccc6)c5)n4)cc4oc5ccc6ccccc6c5c34)=CC2C=C1. The lowest BCUT2D eigenvalue weighted by molar-refractivity contribution is 0.662. The number of rotatable bonds is 5. The van der Waals surface area contributed by atoms with Crippen molar-refractivity contribution in [3.8, 4) is 45.3 Å². The van der Waals surface area contributed by atoms with Crippen LogP contribution in [0.5, 0.6) is 0 Å². The minimum atomic E-state index is 0.286. The van der Waals surface area contributed by atoms with E-state index in [0.29, 0.717) is 23.4 Å². The largest absolute Gasteiger partial charge is 0.456 e. The minimum absolute atomic E-state index is 0.286. The molecule has 2 aliphatic carbocycles. The summed E-state index contributed by atoms with van der Waals surface area (Å²) in [5, 5.41) is 4.58. The molecule has 51 heavy (non-hydrogen) atoms. The molecule has 0 spiro atoms. The highest BCUT2D eigenvalue weighted by Gasteiger charge is 2.24. The van der Waals surface area contributed by atoms with Gasteiger partial charge in [0.25, 0.3) is 0 Å². The Morgan fingerprint density at radius 1 is 0.451 bits per heavy atom.